The Morgan fingerprint density at radius 2 is 1.81 bits per heavy atom. The average Bonchev–Trinajstić information content (AvgIpc) is 2.82. The number of phosphoric acid groups is 3. The molecule has 0 aromatic carbocycles. The highest BCUT2D eigenvalue weighted by atomic mass is 31.3. The largest absolute Gasteiger partial charge is 0.490 e. The highest BCUT2D eigenvalue weighted by molar-refractivity contribution is 7.66. The molecule has 0 amide bonds. The molecule has 2 heterocycles. The number of hydrogen-bond acceptors (Lipinski definition) is 10. The van der Waals surface area contributed by atoms with E-state index in [-0.39, 0.29) is 5.82 Å². The molecule has 0 bridgehead atoms. The first-order valence-electron chi connectivity index (χ1n) is 7.97. The predicted molar refractivity (Wildman–Crippen MR) is 96.7 cm³/mol. The molecule has 2 aliphatic heterocycles. The molecule has 0 aliphatic carbocycles. The van der Waals surface area contributed by atoms with E-state index in [0.717, 1.165) is 4.90 Å². The number of nitrogens with one attached hydrogen (secondary N) is 1. The first kappa shape index (κ1) is 26.3. The number of phosphoric ester groups is 1. The Bertz CT molecular complexity index is 911. The van der Waals surface area contributed by atoms with Crippen LogP contribution in [0.3, 0.4) is 0 Å². The molecular formula is C12H19F2N2O12P3. The molecule has 3 unspecified atom stereocenters. The Morgan fingerprint density at radius 3 is 2.32 bits per heavy atom. The molecule has 6 atom stereocenters. The van der Waals surface area contributed by atoms with E-state index in [1.165, 1.54) is 12.3 Å². The zero-order valence-electron chi connectivity index (χ0n) is 15.4. The van der Waals surface area contributed by atoms with Gasteiger partial charge < -0.3 is 39.6 Å². The van der Waals surface area contributed by atoms with Gasteiger partial charge in [-0.3, -0.25) is 4.52 Å². The normalized spacial score (nSPS) is 33.1. The smallest absolute Gasteiger partial charge is 0.379 e. The van der Waals surface area contributed by atoms with Crippen LogP contribution in [-0.4, -0.2) is 67.0 Å². The van der Waals surface area contributed by atoms with E-state index in [2.05, 4.69) is 31.6 Å². The lowest BCUT2D eigenvalue weighted by molar-refractivity contribution is -0.124. The molecule has 0 aromatic heterocycles. The van der Waals surface area contributed by atoms with E-state index >= 15 is 0 Å². The first-order chi connectivity index (χ1) is 14.0. The molecule has 19 heteroatoms. The van der Waals surface area contributed by atoms with Crippen molar-refractivity contribution in [1.82, 2.24) is 10.2 Å². The molecule has 0 spiro atoms. The Kier molecular flexibility index (Phi) is 7.71. The van der Waals surface area contributed by atoms with E-state index in [9.17, 15) is 32.5 Å². The molecule has 2 rings (SSSR count). The molecule has 2 aliphatic rings. The molecule has 178 valence electrons. The van der Waals surface area contributed by atoms with Crippen molar-refractivity contribution in [3.8, 4) is 0 Å². The third-order valence-electron chi connectivity index (χ3n) is 3.87. The highest BCUT2D eigenvalue weighted by Gasteiger charge is 2.59. The van der Waals surface area contributed by atoms with Crippen molar-refractivity contribution >= 4 is 23.5 Å². The average molecular weight is 514 g/mol. The number of hydrogen-bond donors (Lipinski definition) is 6. The summed E-state index contributed by atoms with van der Waals surface area (Å²) in [4.78, 5) is 36.5. The van der Waals surface area contributed by atoms with Gasteiger partial charge in [-0.15, -0.1) is 0 Å². The van der Waals surface area contributed by atoms with Crippen LogP contribution in [0.4, 0.5) is 8.78 Å². The summed E-state index contributed by atoms with van der Waals surface area (Å²) in [5, 5.41) is 13.1. The fourth-order valence-corrected chi connectivity index (χ4v) is 5.65. The number of rotatable bonds is 9. The summed E-state index contributed by atoms with van der Waals surface area (Å²) in [5.41, 5.74) is -2.40. The second kappa shape index (κ2) is 9.10. The van der Waals surface area contributed by atoms with Crippen LogP contribution in [-0.2, 0) is 31.6 Å². The summed E-state index contributed by atoms with van der Waals surface area (Å²) in [6, 6.07) is 0. The Labute approximate surface area is 173 Å². The van der Waals surface area contributed by atoms with Crippen LogP contribution in [0, 0.1) is 0 Å². The van der Waals surface area contributed by atoms with Crippen molar-refractivity contribution in [2.24, 2.45) is 0 Å². The zero-order valence-corrected chi connectivity index (χ0v) is 18.0. The van der Waals surface area contributed by atoms with Crippen LogP contribution >= 0.6 is 23.5 Å². The van der Waals surface area contributed by atoms with Crippen LogP contribution < -0.4 is 5.32 Å². The van der Waals surface area contributed by atoms with Gasteiger partial charge in [0.05, 0.1) is 6.61 Å². The van der Waals surface area contributed by atoms with Crippen LogP contribution in [0.25, 0.3) is 0 Å². The minimum Gasteiger partial charge on any atom is -0.379 e. The standard InChI is InChI=1S/C12H19F2N2O12P3/c1-7-3-4-16(8(2)15-7)11-12(17,6-13)10(14)9(26-11)5-25-30(21,22)28-31(23,24)27-29(18,19)20/h3-4,9-11,15,17H,1-2,5-6H2,(H,21,22)(H,23,24)(H2,18,19,20)/t9-,10+,11-,12?/m1/s1. The predicted octanol–water partition coefficient (Wildman–Crippen LogP) is 0.497. The Balaban J connectivity index is 2.12. The van der Waals surface area contributed by atoms with E-state index < -0.39 is 60.9 Å². The maximum absolute atomic E-state index is 14.7. The number of allylic oxidation sites excluding steroid dienone is 1. The molecule has 1 saturated heterocycles. The molecule has 14 nitrogen and oxygen atoms in total. The van der Waals surface area contributed by atoms with Gasteiger partial charge >= 0.3 is 23.5 Å². The van der Waals surface area contributed by atoms with Gasteiger partial charge in [-0.2, -0.15) is 8.62 Å². The minimum absolute atomic E-state index is 0.0325. The van der Waals surface area contributed by atoms with E-state index in [4.69, 9.17) is 19.4 Å². The number of ether oxygens (including phenoxy) is 1. The lowest BCUT2D eigenvalue weighted by Crippen LogP contribution is -2.55. The molecule has 0 saturated carbocycles. The van der Waals surface area contributed by atoms with Crippen LogP contribution in [0.5, 0.6) is 0 Å². The summed E-state index contributed by atoms with van der Waals surface area (Å²) in [7, 11) is -17.0. The fraction of sp³-hybridized carbons (Fsp3) is 0.500. The van der Waals surface area contributed by atoms with E-state index in [1.54, 1.807) is 0 Å². The van der Waals surface area contributed by atoms with Crippen LogP contribution in [0.2, 0.25) is 0 Å². The van der Waals surface area contributed by atoms with Gasteiger partial charge in [-0.25, -0.2) is 22.5 Å². The third-order valence-corrected chi connectivity index (χ3v) is 7.68. The molecule has 0 radical (unpaired) electrons. The second-order valence-corrected chi connectivity index (χ2v) is 10.7. The lowest BCUT2D eigenvalue weighted by atomic mass is 9.96. The van der Waals surface area contributed by atoms with Gasteiger partial charge in [0.1, 0.15) is 18.6 Å². The minimum atomic E-state index is -5.78. The quantitative estimate of drug-likeness (QED) is 0.232. The zero-order chi connectivity index (χ0) is 23.8. The van der Waals surface area contributed by atoms with Gasteiger partial charge in [-0.05, 0) is 6.08 Å². The molecule has 6 N–H and O–H groups in total. The van der Waals surface area contributed by atoms with Crippen molar-refractivity contribution < 1.29 is 65.0 Å². The summed E-state index contributed by atoms with van der Waals surface area (Å²) >= 11 is 0. The summed E-state index contributed by atoms with van der Waals surface area (Å²) in [6.45, 7) is 4.31. The maximum Gasteiger partial charge on any atom is 0.490 e. The van der Waals surface area contributed by atoms with Crippen molar-refractivity contribution in [2.75, 3.05) is 13.3 Å². The fourth-order valence-electron chi connectivity index (χ4n) is 2.62. The van der Waals surface area contributed by atoms with Crippen LogP contribution in [0.15, 0.2) is 37.0 Å². The summed E-state index contributed by atoms with van der Waals surface area (Å²) < 4.78 is 78.4. The molecule has 0 aromatic rings. The van der Waals surface area contributed by atoms with Gasteiger partial charge in [-0.1, -0.05) is 13.2 Å². The van der Waals surface area contributed by atoms with Gasteiger partial charge in [0.15, 0.2) is 18.0 Å². The lowest BCUT2D eigenvalue weighted by Gasteiger charge is -2.38. The van der Waals surface area contributed by atoms with E-state index in [0.29, 0.717) is 5.70 Å². The monoisotopic (exact) mass is 514 g/mol. The Morgan fingerprint density at radius 1 is 1.19 bits per heavy atom. The SMILES string of the molecule is C=C1C=CN([C@@H]2O[C@H](COP(=O)(O)OP(=O)(O)OP(=O)(O)O)[C@H](F)C2(O)CF)C(=C)N1. The summed E-state index contributed by atoms with van der Waals surface area (Å²) in [5.74, 6) is 0.0325. The van der Waals surface area contributed by atoms with Crippen molar-refractivity contribution in [3.05, 3.63) is 37.0 Å². The topological polar surface area (TPSA) is 205 Å². The summed E-state index contributed by atoms with van der Waals surface area (Å²) in [6.07, 6.45) is -3.50. The second-order valence-electron chi connectivity index (χ2n) is 6.26. The van der Waals surface area contributed by atoms with Crippen molar-refractivity contribution in [2.45, 2.75) is 24.1 Å². The first-order valence-corrected chi connectivity index (χ1v) is 12.5. The number of aliphatic hydroxyl groups is 1. The van der Waals surface area contributed by atoms with Crippen molar-refractivity contribution in [3.63, 3.8) is 0 Å². The van der Waals surface area contributed by atoms with Crippen molar-refractivity contribution in [1.29, 1.82) is 0 Å². The van der Waals surface area contributed by atoms with Crippen LogP contribution in [0.1, 0.15) is 0 Å². The third kappa shape index (κ3) is 6.51. The van der Waals surface area contributed by atoms with E-state index in [1.807, 2.05) is 0 Å². The van der Waals surface area contributed by atoms with Gasteiger partial charge in [0, 0.05) is 11.9 Å². The molecular weight excluding hydrogens is 495 g/mol. The number of alkyl halides is 2. The number of halogens is 2. The molecule has 1 fully saturated rings. The number of nitrogens with zero attached hydrogens (tertiary/aromatic N) is 1. The maximum atomic E-state index is 14.7. The highest BCUT2D eigenvalue weighted by Crippen LogP contribution is 2.66. The molecule has 31 heavy (non-hydrogen) atoms. The Hall–Kier alpha value is -0.990. The van der Waals surface area contributed by atoms with Gasteiger partial charge in [0.2, 0.25) is 0 Å². The van der Waals surface area contributed by atoms with Gasteiger partial charge in [0.25, 0.3) is 0 Å².